The predicted octanol–water partition coefficient (Wildman–Crippen LogP) is 3.43. The number of thioether (sulfide) groups is 1. The number of benzene rings is 2. The van der Waals surface area contributed by atoms with E-state index in [-0.39, 0.29) is 0 Å². The van der Waals surface area contributed by atoms with Crippen LogP contribution < -0.4 is 10.1 Å². The minimum absolute atomic E-state index is 0.635. The second kappa shape index (κ2) is 7.16. The molecular weight excluding hydrogens is 280 g/mol. The standard InChI is InChI=1S/C17H18N2OS/c1-19-17(12-18,14-6-4-3-5-7-14)13-21-16-10-8-15(20-2)9-11-16/h3-11,19H,13H2,1-2H3. The Labute approximate surface area is 129 Å². The van der Waals surface area contributed by atoms with Gasteiger partial charge in [0.15, 0.2) is 0 Å². The van der Waals surface area contributed by atoms with Crippen molar-refractivity contribution in [2.45, 2.75) is 10.4 Å². The number of nitriles is 1. The van der Waals surface area contributed by atoms with Gasteiger partial charge < -0.3 is 4.74 Å². The summed E-state index contributed by atoms with van der Waals surface area (Å²) in [5.41, 5.74) is 0.294. The van der Waals surface area contributed by atoms with Crippen LogP contribution in [0, 0.1) is 11.3 Å². The van der Waals surface area contributed by atoms with Crippen LogP contribution in [-0.4, -0.2) is 19.9 Å². The molecule has 0 aliphatic carbocycles. The van der Waals surface area contributed by atoms with E-state index in [0.717, 1.165) is 16.2 Å². The third-order valence-electron chi connectivity index (χ3n) is 3.40. The molecule has 1 N–H and O–H groups in total. The fourth-order valence-electron chi connectivity index (χ4n) is 2.04. The predicted molar refractivity (Wildman–Crippen MR) is 86.5 cm³/mol. The van der Waals surface area contributed by atoms with Crippen molar-refractivity contribution in [1.82, 2.24) is 5.32 Å². The summed E-state index contributed by atoms with van der Waals surface area (Å²) in [6, 6.07) is 20.1. The highest BCUT2D eigenvalue weighted by molar-refractivity contribution is 7.99. The van der Waals surface area contributed by atoms with E-state index in [4.69, 9.17) is 4.74 Å². The second-order valence-electron chi connectivity index (χ2n) is 4.60. The molecule has 0 fully saturated rings. The third-order valence-corrected chi connectivity index (χ3v) is 4.58. The van der Waals surface area contributed by atoms with Gasteiger partial charge in [-0.25, -0.2) is 0 Å². The van der Waals surface area contributed by atoms with E-state index in [1.165, 1.54) is 0 Å². The zero-order valence-electron chi connectivity index (χ0n) is 12.2. The van der Waals surface area contributed by atoms with Gasteiger partial charge in [0.1, 0.15) is 11.3 Å². The number of methoxy groups -OCH3 is 1. The number of rotatable bonds is 6. The lowest BCUT2D eigenvalue weighted by Gasteiger charge is -2.26. The normalized spacial score (nSPS) is 13.2. The van der Waals surface area contributed by atoms with Crippen LogP contribution in [0.25, 0.3) is 0 Å². The van der Waals surface area contributed by atoms with Crippen molar-refractivity contribution >= 4 is 11.8 Å². The molecule has 4 heteroatoms. The fraction of sp³-hybridized carbons (Fsp3) is 0.235. The molecule has 21 heavy (non-hydrogen) atoms. The molecule has 0 aliphatic heterocycles. The van der Waals surface area contributed by atoms with Crippen LogP contribution in [-0.2, 0) is 5.54 Å². The smallest absolute Gasteiger partial charge is 0.141 e. The van der Waals surface area contributed by atoms with Crippen LogP contribution in [0.15, 0.2) is 59.5 Å². The molecule has 0 amide bonds. The Hall–Kier alpha value is -1.96. The number of hydrogen-bond donors (Lipinski definition) is 1. The SMILES string of the molecule is CNC(C#N)(CSc1ccc(OC)cc1)c1ccccc1. The quantitative estimate of drug-likeness (QED) is 0.830. The van der Waals surface area contributed by atoms with Gasteiger partial charge in [-0.15, -0.1) is 11.8 Å². The highest BCUT2D eigenvalue weighted by atomic mass is 32.2. The molecular formula is C17H18N2OS. The summed E-state index contributed by atoms with van der Waals surface area (Å²) in [4.78, 5) is 1.11. The van der Waals surface area contributed by atoms with Crippen LogP contribution in [0.4, 0.5) is 0 Å². The third kappa shape index (κ3) is 3.57. The van der Waals surface area contributed by atoms with Gasteiger partial charge in [0.2, 0.25) is 0 Å². The summed E-state index contributed by atoms with van der Waals surface area (Å²) in [6.45, 7) is 0. The number of ether oxygens (including phenoxy) is 1. The summed E-state index contributed by atoms with van der Waals surface area (Å²) in [5, 5.41) is 12.8. The minimum atomic E-state index is -0.689. The van der Waals surface area contributed by atoms with Crippen LogP contribution >= 0.6 is 11.8 Å². The summed E-state index contributed by atoms with van der Waals surface area (Å²) in [5.74, 6) is 1.47. The Morgan fingerprint density at radius 3 is 2.33 bits per heavy atom. The molecule has 2 aromatic rings. The van der Waals surface area contributed by atoms with Gasteiger partial charge in [0.05, 0.1) is 13.2 Å². The maximum absolute atomic E-state index is 9.64. The summed E-state index contributed by atoms with van der Waals surface area (Å²) in [7, 11) is 3.48. The molecule has 3 nitrogen and oxygen atoms in total. The molecule has 0 aliphatic rings. The molecule has 0 radical (unpaired) electrons. The van der Waals surface area contributed by atoms with Crippen LogP contribution in [0.2, 0.25) is 0 Å². The lowest BCUT2D eigenvalue weighted by atomic mass is 9.94. The molecule has 0 saturated heterocycles. The van der Waals surface area contributed by atoms with Gasteiger partial charge in [0, 0.05) is 10.6 Å². The van der Waals surface area contributed by atoms with Crippen molar-refractivity contribution in [1.29, 1.82) is 5.26 Å². The first-order chi connectivity index (χ1) is 10.2. The summed E-state index contributed by atoms with van der Waals surface area (Å²) >= 11 is 1.65. The first-order valence-electron chi connectivity index (χ1n) is 6.66. The Morgan fingerprint density at radius 1 is 1.14 bits per heavy atom. The van der Waals surface area contributed by atoms with E-state index in [0.29, 0.717) is 5.75 Å². The number of nitrogens with one attached hydrogen (secondary N) is 1. The Balaban J connectivity index is 2.15. The van der Waals surface area contributed by atoms with Gasteiger partial charge in [-0.3, -0.25) is 5.32 Å². The highest BCUT2D eigenvalue weighted by Gasteiger charge is 2.30. The highest BCUT2D eigenvalue weighted by Crippen LogP contribution is 2.30. The summed E-state index contributed by atoms with van der Waals surface area (Å²) in [6.07, 6.45) is 0. The van der Waals surface area contributed by atoms with E-state index in [1.54, 1.807) is 18.9 Å². The van der Waals surface area contributed by atoms with Crippen molar-refractivity contribution in [2.24, 2.45) is 0 Å². The maximum Gasteiger partial charge on any atom is 0.141 e. The van der Waals surface area contributed by atoms with E-state index in [9.17, 15) is 5.26 Å². The zero-order chi connectivity index (χ0) is 15.1. The van der Waals surface area contributed by atoms with Gasteiger partial charge in [-0.05, 0) is 36.9 Å². The zero-order valence-corrected chi connectivity index (χ0v) is 13.0. The van der Waals surface area contributed by atoms with Crippen LogP contribution in [0.3, 0.4) is 0 Å². The van der Waals surface area contributed by atoms with E-state index >= 15 is 0 Å². The lowest BCUT2D eigenvalue weighted by Crippen LogP contribution is -2.41. The van der Waals surface area contributed by atoms with Gasteiger partial charge in [-0.1, -0.05) is 30.3 Å². The van der Waals surface area contributed by atoms with Crippen molar-refractivity contribution in [3.8, 4) is 11.8 Å². The number of nitrogens with zero attached hydrogens (tertiary/aromatic N) is 1. The molecule has 1 unspecified atom stereocenters. The molecule has 0 bridgehead atoms. The molecule has 2 rings (SSSR count). The Morgan fingerprint density at radius 2 is 1.81 bits per heavy atom. The molecule has 0 spiro atoms. The average Bonchev–Trinajstić information content (AvgIpc) is 2.58. The van der Waals surface area contributed by atoms with E-state index < -0.39 is 5.54 Å². The first-order valence-corrected chi connectivity index (χ1v) is 7.65. The van der Waals surface area contributed by atoms with E-state index in [1.807, 2.05) is 61.6 Å². The van der Waals surface area contributed by atoms with Crippen molar-refractivity contribution in [2.75, 3.05) is 19.9 Å². The van der Waals surface area contributed by atoms with Crippen molar-refractivity contribution < 1.29 is 4.74 Å². The Bertz CT molecular complexity index is 607. The molecule has 0 heterocycles. The molecule has 108 valence electrons. The van der Waals surface area contributed by atoms with Crippen molar-refractivity contribution in [3.05, 3.63) is 60.2 Å². The molecule has 1 atom stereocenters. The maximum atomic E-state index is 9.64. The summed E-state index contributed by atoms with van der Waals surface area (Å²) < 4.78 is 5.15. The molecule has 2 aromatic carbocycles. The minimum Gasteiger partial charge on any atom is -0.497 e. The average molecular weight is 298 g/mol. The van der Waals surface area contributed by atoms with E-state index in [2.05, 4.69) is 11.4 Å². The van der Waals surface area contributed by atoms with Gasteiger partial charge >= 0.3 is 0 Å². The second-order valence-corrected chi connectivity index (χ2v) is 5.65. The topological polar surface area (TPSA) is 45.0 Å². The van der Waals surface area contributed by atoms with Crippen LogP contribution in [0.1, 0.15) is 5.56 Å². The lowest BCUT2D eigenvalue weighted by molar-refractivity contribution is 0.414. The first kappa shape index (κ1) is 15.4. The fourth-order valence-corrected chi connectivity index (χ4v) is 3.13. The van der Waals surface area contributed by atoms with Gasteiger partial charge in [0.25, 0.3) is 0 Å². The molecule has 0 saturated carbocycles. The van der Waals surface area contributed by atoms with Crippen LogP contribution in [0.5, 0.6) is 5.75 Å². The molecule has 0 aromatic heterocycles. The van der Waals surface area contributed by atoms with Crippen molar-refractivity contribution in [3.63, 3.8) is 0 Å². The van der Waals surface area contributed by atoms with Gasteiger partial charge in [-0.2, -0.15) is 5.26 Å². The largest absolute Gasteiger partial charge is 0.497 e. The Kier molecular flexibility index (Phi) is 5.26. The number of hydrogen-bond acceptors (Lipinski definition) is 4. The monoisotopic (exact) mass is 298 g/mol.